The van der Waals surface area contributed by atoms with E-state index in [1.807, 2.05) is 0 Å². The van der Waals surface area contributed by atoms with E-state index in [1.54, 1.807) is 0 Å². The summed E-state index contributed by atoms with van der Waals surface area (Å²) in [7, 11) is 0. The summed E-state index contributed by atoms with van der Waals surface area (Å²) in [6, 6.07) is 4.49. The van der Waals surface area contributed by atoms with Gasteiger partial charge in [0.05, 0.1) is 12.0 Å². The van der Waals surface area contributed by atoms with Crippen LogP contribution in [0, 0.1) is 0 Å². The van der Waals surface area contributed by atoms with E-state index in [4.69, 9.17) is 0 Å². The predicted molar refractivity (Wildman–Crippen MR) is 82.4 cm³/mol. The number of nitrogens with one attached hydrogen (secondary N) is 1. The number of rotatable bonds is 2. The lowest BCUT2D eigenvalue weighted by Crippen LogP contribution is -2.54. The molecule has 1 heterocycles. The normalized spacial score (nSPS) is 24.9. The van der Waals surface area contributed by atoms with Gasteiger partial charge in [-0.25, -0.2) is 0 Å². The van der Waals surface area contributed by atoms with E-state index >= 15 is 0 Å². The van der Waals surface area contributed by atoms with Crippen molar-refractivity contribution in [3.05, 3.63) is 34.4 Å². The van der Waals surface area contributed by atoms with Crippen molar-refractivity contribution in [1.29, 1.82) is 0 Å². The standard InChI is InChI=1S/C18H23NO2/c1-3-12-8-14-6-5-7-18(16(14)9-13(12)4-2)10-15(20)11-19-17(18)21/h8-9H,3-7,10-11H2,1-2H3,(H,19,21). The molecule has 1 N–H and O–H groups in total. The van der Waals surface area contributed by atoms with Crippen molar-refractivity contribution in [2.24, 2.45) is 0 Å². The number of carbonyl (C=O) groups excluding carboxylic acids is 2. The third-order valence-corrected chi connectivity index (χ3v) is 5.13. The Hall–Kier alpha value is -1.64. The van der Waals surface area contributed by atoms with Crippen molar-refractivity contribution in [3.8, 4) is 0 Å². The van der Waals surface area contributed by atoms with Gasteiger partial charge in [0.15, 0.2) is 5.78 Å². The predicted octanol–water partition coefficient (Wildman–Crippen LogP) is 2.47. The molecule has 1 fully saturated rings. The number of hydrogen-bond acceptors (Lipinski definition) is 2. The summed E-state index contributed by atoms with van der Waals surface area (Å²) in [5, 5.41) is 2.81. The van der Waals surface area contributed by atoms with Gasteiger partial charge in [0.1, 0.15) is 0 Å². The molecule has 0 aromatic heterocycles. The lowest BCUT2D eigenvalue weighted by molar-refractivity contribution is -0.136. The number of carbonyl (C=O) groups is 2. The highest BCUT2D eigenvalue weighted by molar-refractivity contribution is 6.00. The molecule has 1 saturated heterocycles. The quantitative estimate of drug-likeness (QED) is 0.907. The lowest BCUT2D eigenvalue weighted by Gasteiger charge is -2.40. The van der Waals surface area contributed by atoms with Crippen LogP contribution in [0.2, 0.25) is 0 Å². The van der Waals surface area contributed by atoms with E-state index in [0.29, 0.717) is 6.42 Å². The molecule has 112 valence electrons. The van der Waals surface area contributed by atoms with Gasteiger partial charge in [-0.2, -0.15) is 0 Å². The molecule has 1 aromatic rings. The van der Waals surface area contributed by atoms with Gasteiger partial charge in [0, 0.05) is 6.42 Å². The van der Waals surface area contributed by atoms with Crippen LogP contribution in [0.3, 0.4) is 0 Å². The van der Waals surface area contributed by atoms with Crippen molar-refractivity contribution in [2.45, 2.75) is 57.8 Å². The third kappa shape index (κ3) is 2.19. The van der Waals surface area contributed by atoms with Crippen LogP contribution in [0.1, 0.15) is 55.4 Å². The molecule has 1 aliphatic heterocycles. The van der Waals surface area contributed by atoms with Gasteiger partial charge in [-0.1, -0.05) is 26.0 Å². The smallest absolute Gasteiger partial charge is 0.231 e. The third-order valence-electron chi connectivity index (χ3n) is 5.13. The van der Waals surface area contributed by atoms with Crippen molar-refractivity contribution in [3.63, 3.8) is 0 Å². The molecule has 0 saturated carbocycles. The van der Waals surface area contributed by atoms with E-state index in [-0.39, 0.29) is 18.2 Å². The summed E-state index contributed by atoms with van der Waals surface area (Å²) in [6.45, 7) is 4.53. The van der Waals surface area contributed by atoms with Gasteiger partial charge in [-0.05, 0) is 54.4 Å². The van der Waals surface area contributed by atoms with Crippen LogP contribution >= 0.6 is 0 Å². The molecule has 2 aliphatic rings. The Balaban J connectivity index is 2.16. The van der Waals surface area contributed by atoms with E-state index < -0.39 is 5.41 Å². The molecule has 1 aliphatic carbocycles. The number of aryl methyl sites for hydroxylation is 3. The zero-order valence-corrected chi connectivity index (χ0v) is 12.9. The minimum atomic E-state index is -0.598. The number of Topliss-reactive ketones (excluding diaryl/α,β-unsaturated/α-hetero) is 1. The van der Waals surface area contributed by atoms with Crippen LogP contribution < -0.4 is 5.32 Å². The van der Waals surface area contributed by atoms with Crippen molar-refractivity contribution < 1.29 is 9.59 Å². The van der Waals surface area contributed by atoms with Gasteiger partial charge in [0.2, 0.25) is 5.91 Å². The van der Waals surface area contributed by atoms with Crippen LogP contribution in [0.15, 0.2) is 12.1 Å². The Bertz CT molecular complexity index is 605. The Kier molecular flexibility index (Phi) is 3.60. The maximum atomic E-state index is 12.6. The number of fused-ring (bicyclic) bond motifs is 2. The van der Waals surface area contributed by atoms with E-state index in [0.717, 1.165) is 37.7 Å². The molecule has 1 unspecified atom stereocenters. The maximum Gasteiger partial charge on any atom is 0.231 e. The van der Waals surface area contributed by atoms with Crippen LogP contribution in [-0.2, 0) is 34.3 Å². The topological polar surface area (TPSA) is 46.2 Å². The monoisotopic (exact) mass is 285 g/mol. The Morgan fingerprint density at radius 3 is 2.57 bits per heavy atom. The Morgan fingerprint density at radius 1 is 1.14 bits per heavy atom. The molecule has 1 atom stereocenters. The second-order valence-electron chi connectivity index (χ2n) is 6.32. The summed E-state index contributed by atoms with van der Waals surface area (Å²) in [5.41, 5.74) is 4.51. The zero-order valence-electron chi connectivity index (χ0n) is 12.9. The highest BCUT2D eigenvalue weighted by atomic mass is 16.2. The van der Waals surface area contributed by atoms with Gasteiger partial charge < -0.3 is 5.32 Å². The average Bonchev–Trinajstić information content (AvgIpc) is 2.50. The zero-order chi connectivity index (χ0) is 15.0. The van der Waals surface area contributed by atoms with Crippen LogP contribution in [0.5, 0.6) is 0 Å². The fourth-order valence-electron chi connectivity index (χ4n) is 4.01. The number of hydrogen-bond donors (Lipinski definition) is 1. The summed E-state index contributed by atoms with van der Waals surface area (Å²) in [6.07, 6.45) is 5.18. The molecule has 3 rings (SSSR count). The fourth-order valence-corrected chi connectivity index (χ4v) is 4.01. The fraction of sp³-hybridized carbons (Fsp3) is 0.556. The van der Waals surface area contributed by atoms with Gasteiger partial charge in [-0.15, -0.1) is 0 Å². The molecule has 3 nitrogen and oxygen atoms in total. The summed E-state index contributed by atoms with van der Waals surface area (Å²) in [4.78, 5) is 24.5. The van der Waals surface area contributed by atoms with Crippen LogP contribution in [0.25, 0.3) is 0 Å². The average molecular weight is 285 g/mol. The number of benzene rings is 1. The van der Waals surface area contributed by atoms with Crippen LogP contribution in [0.4, 0.5) is 0 Å². The Morgan fingerprint density at radius 2 is 1.86 bits per heavy atom. The first kappa shape index (κ1) is 14.3. The second-order valence-corrected chi connectivity index (χ2v) is 6.32. The molecule has 1 spiro atoms. The second kappa shape index (κ2) is 5.28. The largest absolute Gasteiger partial charge is 0.348 e. The van der Waals surface area contributed by atoms with Gasteiger partial charge in [-0.3, -0.25) is 9.59 Å². The highest BCUT2D eigenvalue weighted by Crippen LogP contribution is 2.43. The van der Waals surface area contributed by atoms with Gasteiger partial charge >= 0.3 is 0 Å². The summed E-state index contributed by atoms with van der Waals surface area (Å²) in [5.74, 6) is 0.203. The first-order chi connectivity index (χ1) is 10.1. The molecule has 3 heteroatoms. The van der Waals surface area contributed by atoms with E-state index in [9.17, 15) is 9.59 Å². The molecule has 1 aromatic carbocycles. The number of amides is 1. The molecular formula is C18H23NO2. The molecule has 21 heavy (non-hydrogen) atoms. The SMILES string of the molecule is CCc1cc2c(cc1CC)C1(CCC2)CC(=O)CNC1=O. The van der Waals surface area contributed by atoms with Gasteiger partial charge in [0.25, 0.3) is 0 Å². The van der Waals surface area contributed by atoms with Crippen molar-refractivity contribution in [1.82, 2.24) is 5.32 Å². The van der Waals surface area contributed by atoms with E-state index in [2.05, 4.69) is 31.3 Å². The first-order valence-electron chi connectivity index (χ1n) is 8.06. The van der Waals surface area contributed by atoms with Crippen molar-refractivity contribution in [2.75, 3.05) is 6.54 Å². The van der Waals surface area contributed by atoms with E-state index in [1.165, 1.54) is 16.7 Å². The summed E-state index contributed by atoms with van der Waals surface area (Å²) >= 11 is 0. The maximum absolute atomic E-state index is 12.6. The lowest BCUT2D eigenvalue weighted by atomic mass is 9.64. The molecule has 0 radical (unpaired) electrons. The Labute approximate surface area is 126 Å². The number of ketones is 1. The molecule has 1 amide bonds. The van der Waals surface area contributed by atoms with Crippen molar-refractivity contribution >= 4 is 11.7 Å². The minimum absolute atomic E-state index is 0.0503. The van der Waals surface area contributed by atoms with Crippen LogP contribution in [-0.4, -0.2) is 18.2 Å². The summed E-state index contributed by atoms with van der Waals surface area (Å²) < 4.78 is 0. The highest BCUT2D eigenvalue weighted by Gasteiger charge is 2.47. The molecular weight excluding hydrogens is 262 g/mol. The minimum Gasteiger partial charge on any atom is -0.348 e. The molecule has 0 bridgehead atoms. The number of piperidine rings is 1. The first-order valence-corrected chi connectivity index (χ1v) is 8.06.